The van der Waals surface area contributed by atoms with Crippen molar-refractivity contribution in [2.24, 2.45) is 7.05 Å². The molecule has 2 aromatic heterocycles. The van der Waals surface area contributed by atoms with Crippen LogP contribution in [0.3, 0.4) is 0 Å². The first-order valence-corrected chi connectivity index (χ1v) is 9.52. The van der Waals surface area contributed by atoms with Gasteiger partial charge in [-0.15, -0.1) is 0 Å². The van der Waals surface area contributed by atoms with Gasteiger partial charge in [-0.2, -0.15) is 5.10 Å². The maximum Gasteiger partial charge on any atom is 0.228 e. The fourth-order valence-corrected chi connectivity index (χ4v) is 3.75. The molecular formula is C20H23N5OS. The lowest BCUT2D eigenvalue weighted by Gasteiger charge is -2.07. The second-order valence-corrected chi connectivity index (χ2v) is 7.60. The summed E-state index contributed by atoms with van der Waals surface area (Å²) in [7, 11) is 1.89. The third-order valence-electron chi connectivity index (χ3n) is 4.31. The number of nitrogens with one attached hydrogen (secondary N) is 1. The van der Waals surface area contributed by atoms with Crippen molar-refractivity contribution in [3.63, 3.8) is 0 Å². The topological polar surface area (TPSA) is 72.7 Å². The number of aromatic nitrogens is 4. The van der Waals surface area contributed by atoms with Crippen molar-refractivity contribution in [2.45, 2.75) is 44.2 Å². The Morgan fingerprint density at radius 2 is 1.70 bits per heavy atom. The Morgan fingerprint density at radius 1 is 1.07 bits per heavy atom. The summed E-state index contributed by atoms with van der Waals surface area (Å²) in [6.07, 6.45) is 0.318. The van der Waals surface area contributed by atoms with E-state index in [4.69, 9.17) is 0 Å². The maximum absolute atomic E-state index is 12.4. The van der Waals surface area contributed by atoms with Gasteiger partial charge in [0.1, 0.15) is 0 Å². The zero-order valence-corrected chi connectivity index (χ0v) is 17.0. The number of nitrogens with zero attached hydrogens (tertiary/aromatic N) is 4. The number of carbonyl (C=O) groups is 1. The molecule has 0 bridgehead atoms. The number of hydrogen-bond acceptors (Lipinski definition) is 5. The molecule has 0 unspecified atom stereocenters. The Morgan fingerprint density at radius 3 is 2.26 bits per heavy atom. The summed E-state index contributed by atoms with van der Waals surface area (Å²) in [5.74, 6) is -0.0488. The van der Waals surface area contributed by atoms with E-state index in [9.17, 15) is 4.79 Å². The summed E-state index contributed by atoms with van der Waals surface area (Å²) < 4.78 is 1.80. The molecule has 0 fully saturated rings. The molecular weight excluding hydrogens is 358 g/mol. The van der Waals surface area contributed by atoms with Gasteiger partial charge in [0.05, 0.1) is 12.1 Å². The predicted molar refractivity (Wildman–Crippen MR) is 107 cm³/mol. The summed E-state index contributed by atoms with van der Waals surface area (Å²) in [4.78, 5) is 22.3. The SMILES string of the molecule is Cc1cc(C)nc(Sc2ccc(NC(=O)Cc3c(C)nn(C)c3C)cc2)n1. The molecule has 1 N–H and O–H groups in total. The molecule has 27 heavy (non-hydrogen) atoms. The number of anilines is 1. The maximum atomic E-state index is 12.4. The van der Waals surface area contributed by atoms with Crippen LogP contribution in [0.1, 0.15) is 28.3 Å². The fraction of sp³-hybridized carbons (Fsp3) is 0.300. The van der Waals surface area contributed by atoms with Gasteiger partial charge in [-0.1, -0.05) is 0 Å². The van der Waals surface area contributed by atoms with E-state index >= 15 is 0 Å². The summed E-state index contributed by atoms with van der Waals surface area (Å²) >= 11 is 1.51. The van der Waals surface area contributed by atoms with Crippen LogP contribution in [0.15, 0.2) is 40.4 Å². The minimum Gasteiger partial charge on any atom is -0.326 e. The summed E-state index contributed by atoms with van der Waals surface area (Å²) in [5.41, 5.74) is 5.57. The Labute approximate surface area is 163 Å². The first kappa shape index (κ1) is 19.1. The number of benzene rings is 1. The standard InChI is InChI=1S/C20H23N5OS/c1-12-10-13(2)22-20(21-12)27-17-8-6-16(7-9-17)23-19(26)11-18-14(3)24-25(5)15(18)4/h6-10H,11H2,1-5H3,(H,23,26). The van der Waals surface area contributed by atoms with Crippen molar-refractivity contribution < 1.29 is 4.79 Å². The van der Waals surface area contributed by atoms with Crippen LogP contribution in [0.2, 0.25) is 0 Å². The van der Waals surface area contributed by atoms with E-state index in [1.54, 1.807) is 4.68 Å². The van der Waals surface area contributed by atoms with Gasteiger partial charge in [-0.3, -0.25) is 9.48 Å². The minimum atomic E-state index is -0.0488. The molecule has 1 amide bonds. The monoisotopic (exact) mass is 381 g/mol. The number of aryl methyl sites for hydroxylation is 4. The second kappa shape index (κ2) is 7.92. The number of carbonyl (C=O) groups excluding carboxylic acids is 1. The Kier molecular flexibility index (Phi) is 5.60. The van der Waals surface area contributed by atoms with Gasteiger partial charge >= 0.3 is 0 Å². The van der Waals surface area contributed by atoms with Crippen LogP contribution < -0.4 is 5.32 Å². The molecule has 3 rings (SSSR count). The Bertz CT molecular complexity index is 959. The van der Waals surface area contributed by atoms with Crippen LogP contribution in [0, 0.1) is 27.7 Å². The molecule has 0 atom stereocenters. The highest BCUT2D eigenvalue weighted by Crippen LogP contribution is 2.26. The van der Waals surface area contributed by atoms with E-state index in [0.29, 0.717) is 6.42 Å². The van der Waals surface area contributed by atoms with E-state index in [0.717, 1.165) is 44.1 Å². The van der Waals surface area contributed by atoms with Gasteiger partial charge in [0, 0.05) is 40.3 Å². The highest BCUT2D eigenvalue weighted by Gasteiger charge is 2.13. The molecule has 0 aliphatic heterocycles. The van der Waals surface area contributed by atoms with Crippen molar-refractivity contribution in [3.8, 4) is 0 Å². The van der Waals surface area contributed by atoms with E-state index in [1.807, 2.05) is 65.1 Å². The van der Waals surface area contributed by atoms with Gasteiger partial charge in [-0.25, -0.2) is 9.97 Å². The molecule has 0 saturated carbocycles. The summed E-state index contributed by atoms with van der Waals surface area (Å²) in [6.45, 7) is 7.83. The molecule has 0 aliphatic rings. The van der Waals surface area contributed by atoms with Crippen molar-refractivity contribution >= 4 is 23.4 Å². The number of amides is 1. The average molecular weight is 382 g/mol. The third kappa shape index (κ3) is 4.74. The Balaban J connectivity index is 1.64. The minimum absolute atomic E-state index is 0.0488. The first-order valence-electron chi connectivity index (χ1n) is 8.71. The lowest BCUT2D eigenvalue weighted by Crippen LogP contribution is -2.15. The second-order valence-electron chi connectivity index (χ2n) is 6.56. The predicted octanol–water partition coefficient (Wildman–Crippen LogP) is 3.78. The smallest absolute Gasteiger partial charge is 0.228 e. The molecule has 0 radical (unpaired) electrons. The van der Waals surface area contributed by atoms with E-state index in [1.165, 1.54) is 11.8 Å². The van der Waals surface area contributed by atoms with Gasteiger partial charge < -0.3 is 5.32 Å². The van der Waals surface area contributed by atoms with E-state index in [2.05, 4.69) is 20.4 Å². The third-order valence-corrected chi connectivity index (χ3v) is 5.18. The van der Waals surface area contributed by atoms with Crippen molar-refractivity contribution in [2.75, 3.05) is 5.32 Å². The molecule has 0 aliphatic carbocycles. The molecule has 2 heterocycles. The highest BCUT2D eigenvalue weighted by atomic mass is 32.2. The van der Waals surface area contributed by atoms with E-state index in [-0.39, 0.29) is 5.91 Å². The van der Waals surface area contributed by atoms with Crippen LogP contribution >= 0.6 is 11.8 Å². The average Bonchev–Trinajstić information content (AvgIpc) is 2.82. The van der Waals surface area contributed by atoms with Crippen molar-refractivity contribution in [3.05, 3.63) is 58.7 Å². The van der Waals surface area contributed by atoms with Gasteiger partial charge in [0.15, 0.2) is 5.16 Å². The summed E-state index contributed by atoms with van der Waals surface area (Å²) in [6, 6.07) is 9.66. The molecule has 1 aromatic carbocycles. The quantitative estimate of drug-likeness (QED) is 0.681. The molecule has 0 saturated heterocycles. The zero-order chi connectivity index (χ0) is 19.6. The molecule has 6 nitrogen and oxygen atoms in total. The summed E-state index contributed by atoms with van der Waals surface area (Å²) in [5, 5.41) is 8.03. The van der Waals surface area contributed by atoms with Gasteiger partial charge in [-0.05, 0) is 69.8 Å². The lowest BCUT2D eigenvalue weighted by atomic mass is 10.1. The van der Waals surface area contributed by atoms with Crippen molar-refractivity contribution in [1.29, 1.82) is 0 Å². The van der Waals surface area contributed by atoms with Crippen LogP contribution in [0.25, 0.3) is 0 Å². The first-order chi connectivity index (χ1) is 12.8. The van der Waals surface area contributed by atoms with Crippen LogP contribution in [-0.4, -0.2) is 25.7 Å². The number of rotatable bonds is 5. The molecule has 0 spiro atoms. The largest absolute Gasteiger partial charge is 0.326 e. The van der Waals surface area contributed by atoms with Crippen LogP contribution in [-0.2, 0) is 18.3 Å². The molecule has 140 valence electrons. The van der Waals surface area contributed by atoms with E-state index < -0.39 is 0 Å². The molecule has 3 aromatic rings. The fourth-order valence-electron chi connectivity index (χ4n) is 2.89. The number of hydrogen-bond donors (Lipinski definition) is 1. The highest BCUT2D eigenvalue weighted by molar-refractivity contribution is 7.99. The van der Waals surface area contributed by atoms with Crippen LogP contribution in [0.4, 0.5) is 5.69 Å². The lowest BCUT2D eigenvalue weighted by molar-refractivity contribution is -0.115. The Hall–Kier alpha value is -2.67. The van der Waals surface area contributed by atoms with Gasteiger partial charge in [0.25, 0.3) is 0 Å². The zero-order valence-electron chi connectivity index (χ0n) is 16.2. The molecule has 7 heteroatoms. The normalized spacial score (nSPS) is 10.9. The van der Waals surface area contributed by atoms with Crippen molar-refractivity contribution in [1.82, 2.24) is 19.7 Å². The van der Waals surface area contributed by atoms with Crippen LogP contribution in [0.5, 0.6) is 0 Å². The van der Waals surface area contributed by atoms with Gasteiger partial charge in [0.2, 0.25) is 5.91 Å².